The van der Waals surface area contributed by atoms with Gasteiger partial charge in [-0.2, -0.15) is 0 Å². The van der Waals surface area contributed by atoms with Crippen LogP contribution in [0.15, 0.2) is 36.4 Å². The number of rotatable bonds is 8. The van der Waals surface area contributed by atoms with Gasteiger partial charge >= 0.3 is 13.7 Å². The Balaban J connectivity index is 1.12. The van der Waals surface area contributed by atoms with Gasteiger partial charge in [-0.1, -0.05) is 12.1 Å². The molecule has 0 bridgehead atoms. The number of halogens is 1. The molecule has 2 aromatic carbocycles. The first kappa shape index (κ1) is 28.7. The van der Waals surface area contributed by atoms with Crippen LogP contribution in [-0.2, 0) is 15.8 Å². The molecule has 2 saturated carbocycles. The summed E-state index contributed by atoms with van der Waals surface area (Å²) in [6, 6.07) is 11.1. The fraction of sp³-hybridized carbons (Fsp3) is 0.581. The van der Waals surface area contributed by atoms with Crippen LogP contribution in [0.25, 0.3) is 11.1 Å². The van der Waals surface area contributed by atoms with Crippen molar-refractivity contribution >= 4 is 13.7 Å². The molecular formula is C31H40FN2O6P. The number of benzene rings is 2. The maximum Gasteiger partial charge on any atom is 0.410 e. The molecule has 6 rings (SSSR count). The Morgan fingerprint density at radius 1 is 1.05 bits per heavy atom. The van der Waals surface area contributed by atoms with Crippen LogP contribution in [-0.4, -0.2) is 69.2 Å². The Kier molecular flexibility index (Phi) is 7.92. The highest BCUT2D eigenvalue weighted by Crippen LogP contribution is 2.50. The normalized spacial score (nSPS) is 25.0. The molecule has 0 radical (unpaired) electrons. The lowest BCUT2D eigenvalue weighted by atomic mass is 9.88. The van der Waals surface area contributed by atoms with E-state index in [-0.39, 0.29) is 18.0 Å². The first-order valence-corrected chi connectivity index (χ1v) is 16.6. The van der Waals surface area contributed by atoms with Gasteiger partial charge < -0.3 is 24.2 Å². The van der Waals surface area contributed by atoms with Gasteiger partial charge in [0.2, 0.25) is 0 Å². The van der Waals surface area contributed by atoms with Crippen LogP contribution in [0.3, 0.4) is 0 Å². The van der Waals surface area contributed by atoms with Crippen molar-refractivity contribution in [2.24, 2.45) is 0 Å². The van der Waals surface area contributed by atoms with E-state index in [0.29, 0.717) is 44.8 Å². The standard InChI is InChI=1S/C31H40FN2O6P/c1-2-39-29-18-28(22-5-7-24(32)8-6-22)27(21-3-4-21)17-23(29)19-33-15-13-31(14-16-33)20-34(30(35)40-31)25-9-11-26(12-10-25)41(36,37)38/h5-8,17-18,21,25-26H,2-4,9-16,19-20H2,1H3,(H2,36,37,38)/t25-,26-. The van der Waals surface area contributed by atoms with E-state index in [2.05, 4.69) is 17.0 Å². The number of hydrogen-bond donors (Lipinski definition) is 2. The third-order valence-corrected chi connectivity index (χ3v) is 10.9. The molecule has 2 N–H and O–H groups in total. The molecule has 2 aliphatic carbocycles. The van der Waals surface area contributed by atoms with Crippen molar-refractivity contribution in [3.8, 4) is 16.9 Å². The second-order valence-electron chi connectivity index (χ2n) is 12.3. The number of hydrogen-bond acceptors (Lipinski definition) is 5. The number of ether oxygens (including phenoxy) is 2. The second kappa shape index (κ2) is 11.3. The number of carbonyl (C=O) groups excluding carboxylic acids is 1. The van der Waals surface area contributed by atoms with Gasteiger partial charge in [0.1, 0.15) is 17.2 Å². The Morgan fingerprint density at radius 3 is 2.34 bits per heavy atom. The number of piperidine rings is 1. The topological polar surface area (TPSA) is 99.5 Å². The van der Waals surface area contributed by atoms with E-state index in [0.717, 1.165) is 67.8 Å². The minimum absolute atomic E-state index is 0.0167. The maximum absolute atomic E-state index is 13.6. The molecule has 4 fully saturated rings. The molecule has 0 atom stereocenters. The summed E-state index contributed by atoms with van der Waals surface area (Å²) < 4.78 is 37.4. The van der Waals surface area contributed by atoms with Crippen LogP contribution in [0.5, 0.6) is 5.75 Å². The van der Waals surface area contributed by atoms with Crippen molar-refractivity contribution < 1.29 is 33.0 Å². The van der Waals surface area contributed by atoms with Crippen molar-refractivity contribution in [2.75, 3.05) is 26.2 Å². The minimum Gasteiger partial charge on any atom is -0.494 e. The molecule has 1 spiro atoms. The zero-order valence-electron chi connectivity index (χ0n) is 23.6. The summed E-state index contributed by atoms with van der Waals surface area (Å²) in [5, 5.41) is 0. The first-order valence-electron chi connectivity index (χ1n) is 15.0. The Hall–Kier alpha value is -2.45. The molecule has 10 heteroatoms. The van der Waals surface area contributed by atoms with E-state index in [1.54, 1.807) is 0 Å². The fourth-order valence-corrected chi connectivity index (χ4v) is 7.89. The molecule has 8 nitrogen and oxygen atoms in total. The van der Waals surface area contributed by atoms with Gasteiger partial charge in [0, 0.05) is 44.1 Å². The zero-order chi connectivity index (χ0) is 28.8. The molecule has 0 aromatic heterocycles. The van der Waals surface area contributed by atoms with Crippen LogP contribution in [0.2, 0.25) is 0 Å². The molecule has 4 aliphatic rings. The average Bonchev–Trinajstić information content (AvgIpc) is 3.74. The van der Waals surface area contributed by atoms with Crippen molar-refractivity contribution in [1.82, 2.24) is 9.80 Å². The Labute approximate surface area is 241 Å². The summed E-state index contributed by atoms with van der Waals surface area (Å²) in [5.74, 6) is 1.14. The Morgan fingerprint density at radius 2 is 1.73 bits per heavy atom. The summed E-state index contributed by atoms with van der Waals surface area (Å²) in [4.78, 5) is 36.2. The summed E-state index contributed by atoms with van der Waals surface area (Å²) in [6.07, 6.45) is 5.61. The van der Waals surface area contributed by atoms with Crippen molar-refractivity contribution in [3.63, 3.8) is 0 Å². The van der Waals surface area contributed by atoms with E-state index in [9.17, 15) is 23.5 Å². The molecule has 1 amide bonds. The highest BCUT2D eigenvalue weighted by atomic mass is 31.2. The van der Waals surface area contributed by atoms with Crippen LogP contribution >= 0.6 is 7.60 Å². The monoisotopic (exact) mass is 586 g/mol. The predicted octanol–water partition coefficient (Wildman–Crippen LogP) is 6.04. The van der Waals surface area contributed by atoms with Crippen molar-refractivity contribution in [3.05, 3.63) is 53.3 Å². The van der Waals surface area contributed by atoms with Crippen LogP contribution in [0.4, 0.5) is 9.18 Å². The highest BCUT2D eigenvalue weighted by molar-refractivity contribution is 7.52. The SMILES string of the molecule is CCOc1cc(-c2ccc(F)cc2)c(C2CC2)cc1CN1CCC2(CC1)CN([C@H]1CC[C@H](P(=O)(O)O)CC1)C(=O)O2. The third-order valence-electron chi connectivity index (χ3n) is 9.45. The fourth-order valence-electron chi connectivity index (χ4n) is 6.92. The zero-order valence-corrected chi connectivity index (χ0v) is 24.5. The summed E-state index contributed by atoms with van der Waals surface area (Å²) >= 11 is 0. The van der Waals surface area contributed by atoms with E-state index in [1.165, 1.54) is 17.7 Å². The smallest absolute Gasteiger partial charge is 0.410 e. The molecule has 2 aliphatic heterocycles. The molecule has 2 heterocycles. The van der Waals surface area contributed by atoms with Gasteiger partial charge in [-0.15, -0.1) is 0 Å². The lowest BCUT2D eigenvalue weighted by Gasteiger charge is -2.38. The number of carbonyl (C=O) groups is 1. The van der Waals surface area contributed by atoms with Crippen LogP contribution < -0.4 is 4.74 Å². The third kappa shape index (κ3) is 6.19. The second-order valence-corrected chi connectivity index (χ2v) is 14.2. The average molecular weight is 587 g/mol. The van der Waals surface area contributed by atoms with E-state index in [4.69, 9.17) is 9.47 Å². The van der Waals surface area contributed by atoms with Gasteiger partial charge in [-0.05, 0) is 92.3 Å². The largest absolute Gasteiger partial charge is 0.494 e. The molecular weight excluding hydrogens is 546 g/mol. The first-order chi connectivity index (χ1) is 19.6. The van der Waals surface area contributed by atoms with E-state index in [1.807, 2.05) is 24.0 Å². The van der Waals surface area contributed by atoms with E-state index >= 15 is 0 Å². The molecule has 41 heavy (non-hydrogen) atoms. The summed E-state index contributed by atoms with van der Waals surface area (Å²) in [5.41, 5.74) is 3.48. The highest BCUT2D eigenvalue weighted by Gasteiger charge is 2.49. The molecule has 0 unspecified atom stereocenters. The lowest BCUT2D eigenvalue weighted by Crippen LogP contribution is -2.48. The number of likely N-dealkylation sites (tertiary alicyclic amines) is 1. The number of nitrogens with zero attached hydrogens (tertiary/aromatic N) is 2. The summed E-state index contributed by atoms with van der Waals surface area (Å²) in [7, 11) is -4.08. The van der Waals surface area contributed by atoms with Crippen molar-refractivity contribution in [1.29, 1.82) is 0 Å². The molecule has 2 saturated heterocycles. The number of amides is 1. The maximum atomic E-state index is 13.6. The van der Waals surface area contributed by atoms with Gasteiger partial charge in [0.25, 0.3) is 0 Å². The van der Waals surface area contributed by atoms with Gasteiger partial charge in [0.05, 0.1) is 18.8 Å². The Bertz CT molecular complexity index is 1310. The van der Waals surface area contributed by atoms with Gasteiger partial charge in [0.15, 0.2) is 0 Å². The van der Waals surface area contributed by atoms with Gasteiger partial charge in [-0.25, -0.2) is 9.18 Å². The summed E-state index contributed by atoms with van der Waals surface area (Å²) in [6.45, 7) is 5.45. The minimum atomic E-state index is -4.08. The van der Waals surface area contributed by atoms with Crippen LogP contribution in [0, 0.1) is 5.82 Å². The van der Waals surface area contributed by atoms with Gasteiger partial charge in [-0.3, -0.25) is 9.46 Å². The predicted molar refractivity (Wildman–Crippen MR) is 153 cm³/mol. The lowest BCUT2D eigenvalue weighted by molar-refractivity contribution is -0.00151. The van der Waals surface area contributed by atoms with Crippen LogP contribution in [0.1, 0.15) is 75.3 Å². The van der Waals surface area contributed by atoms with Crippen molar-refractivity contribution in [2.45, 2.75) is 88.1 Å². The molecule has 2 aromatic rings. The molecule has 222 valence electrons. The quantitative estimate of drug-likeness (QED) is 0.364. The van der Waals surface area contributed by atoms with E-state index < -0.39 is 18.9 Å².